The van der Waals surface area contributed by atoms with Crippen molar-refractivity contribution < 1.29 is 9.47 Å². The SMILES string of the molecule is COc1cc(CN)cc(Oc2nccn3cnnc23)c1. The fourth-order valence-electron chi connectivity index (χ4n) is 1.84. The van der Waals surface area contributed by atoms with Crippen LogP contribution in [0.15, 0.2) is 36.9 Å². The predicted octanol–water partition coefficient (Wildman–Crippen LogP) is 1.38. The van der Waals surface area contributed by atoms with Crippen molar-refractivity contribution in [2.24, 2.45) is 5.73 Å². The number of aromatic nitrogens is 4. The van der Waals surface area contributed by atoms with Crippen LogP contribution in [0.1, 0.15) is 5.56 Å². The molecule has 0 unspecified atom stereocenters. The highest BCUT2D eigenvalue weighted by molar-refractivity contribution is 5.50. The molecule has 102 valence electrons. The normalized spacial score (nSPS) is 10.7. The summed E-state index contributed by atoms with van der Waals surface area (Å²) in [6, 6.07) is 5.46. The summed E-state index contributed by atoms with van der Waals surface area (Å²) >= 11 is 0. The van der Waals surface area contributed by atoms with Crippen LogP contribution in [-0.4, -0.2) is 26.7 Å². The van der Waals surface area contributed by atoms with Crippen molar-refractivity contribution in [3.8, 4) is 17.4 Å². The Labute approximate surface area is 115 Å². The zero-order valence-corrected chi connectivity index (χ0v) is 10.9. The fraction of sp³-hybridized carbons (Fsp3) is 0.154. The molecule has 0 spiro atoms. The lowest BCUT2D eigenvalue weighted by Crippen LogP contribution is -1.99. The van der Waals surface area contributed by atoms with Crippen molar-refractivity contribution >= 4 is 5.65 Å². The minimum atomic E-state index is 0.376. The summed E-state index contributed by atoms with van der Waals surface area (Å²) in [7, 11) is 1.59. The van der Waals surface area contributed by atoms with Gasteiger partial charge in [0.25, 0.3) is 5.88 Å². The predicted molar refractivity (Wildman–Crippen MR) is 71.7 cm³/mol. The van der Waals surface area contributed by atoms with E-state index in [1.54, 1.807) is 36.3 Å². The minimum absolute atomic E-state index is 0.376. The van der Waals surface area contributed by atoms with Gasteiger partial charge in [-0.05, 0) is 17.7 Å². The van der Waals surface area contributed by atoms with Crippen LogP contribution >= 0.6 is 0 Å². The molecule has 0 bridgehead atoms. The maximum atomic E-state index is 5.76. The summed E-state index contributed by atoms with van der Waals surface area (Å²) in [6.07, 6.45) is 4.95. The minimum Gasteiger partial charge on any atom is -0.497 e. The number of hydrogen-bond donors (Lipinski definition) is 1. The first-order chi connectivity index (χ1) is 9.80. The Kier molecular flexibility index (Phi) is 3.18. The topological polar surface area (TPSA) is 87.6 Å². The molecule has 20 heavy (non-hydrogen) atoms. The number of ether oxygens (including phenoxy) is 2. The second-order valence-electron chi connectivity index (χ2n) is 4.12. The third kappa shape index (κ3) is 2.26. The van der Waals surface area contributed by atoms with Gasteiger partial charge < -0.3 is 15.2 Å². The highest BCUT2D eigenvalue weighted by Gasteiger charge is 2.09. The van der Waals surface area contributed by atoms with Gasteiger partial charge in [-0.15, -0.1) is 10.2 Å². The highest BCUT2D eigenvalue weighted by Crippen LogP contribution is 2.27. The van der Waals surface area contributed by atoms with Crippen LogP contribution in [0.25, 0.3) is 5.65 Å². The molecule has 0 saturated carbocycles. The van der Waals surface area contributed by atoms with Crippen molar-refractivity contribution in [1.82, 2.24) is 19.6 Å². The fourth-order valence-corrected chi connectivity index (χ4v) is 1.84. The summed E-state index contributed by atoms with van der Waals surface area (Å²) in [6.45, 7) is 0.399. The van der Waals surface area contributed by atoms with E-state index in [1.807, 2.05) is 12.1 Å². The summed E-state index contributed by atoms with van der Waals surface area (Å²) < 4.78 is 12.7. The van der Waals surface area contributed by atoms with E-state index < -0.39 is 0 Å². The molecule has 0 atom stereocenters. The molecule has 2 aromatic heterocycles. The Morgan fingerprint density at radius 3 is 2.90 bits per heavy atom. The first kappa shape index (κ1) is 12.4. The largest absolute Gasteiger partial charge is 0.497 e. The van der Waals surface area contributed by atoms with E-state index >= 15 is 0 Å². The zero-order valence-electron chi connectivity index (χ0n) is 10.9. The second kappa shape index (κ2) is 5.14. The number of benzene rings is 1. The molecule has 3 rings (SSSR count). The first-order valence-electron chi connectivity index (χ1n) is 6.00. The lowest BCUT2D eigenvalue weighted by molar-refractivity contribution is 0.407. The number of rotatable bonds is 4. The van der Waals surface area contributed by atoms with Crippen LogP contribution in [-0.2, 0) is 6.54 Å². The van der Waals surface area contributed by atoms with E-state index in [0.717, 1.165) is 5.56 Å². The Bertz CT molecular complexity index is 718. The van der Waals surface area contributed by atoms with Crippen molar-refractivity contribution in [2.75, 3.05) is 7.11 Å². The number of nitrogens with zero attached hydrogens (tertiary/aromatic N) is 4. The van der Waals surface area contributed by atoms with Gasteiger partial charge in [-0.3, -0.25) is 4.40 Å². The van der Waals surface area contributed by atoms with E-state index in [9.17, 15) is 0 Å². The molecular formula is C13H13N5O2. The monoisotopic (exact) mass is 271 g/mol. The summed E-state index contributed by atoms with van der Waals surface area (Å²) in [5, 5.41) is 7.79. The van der Waals surface area contributed by atoms with Crippen molar-refractivity contribution in [1.29, 1.82) is 0 Å². The highest BCUT2D eigenvalue weighted by atomic mass is 16.5. The average Bonchev–Trinajstić information content (AvgIpc) is 2.96. The molecule has 0 amide bonds. The third-order valence-electron chi connectivity index (χ3n) is 2.81. The molecule has 0 aliphatic carbocycles. The van der Waals surface area contributed by atoms with Crippen LogP contribution in [0.4, 0.5) is 0 Å². The maximum absolute atomic E-state index is 5.76. The molecule has 7 heteroatoms. The summed E-state index contributed by atoms with van der Waals surface area (Å²) in [4.78, 5) is 4.17. The Balaban J connectivity index is 2.00. The number of hydrogen-bond acceptors (Lipinski definition) is 6. The standard InChI is InChI=1S/C13H13N5O2/c1-19-10-4-9(7-14)5-11(6-10)20-13-12-17-16-8-18(12)3-2-15-13/h2-6,8H,7,14H2,1H3. The summed E-state index contributed by atoms with van der Waals surface area (Å²) in [5.41, 5.74) is 7.11. The van der Waals surface area contributed by atoms with Crippen LogP contribution < -0.4 is 15.2 Å². The van der Waals surface area contributed by atoms with Gasteiger partial charge >= 0.3 is 0 Å². The van der Waals surface area contributed by atoms with Gasteiger partial charge in [-0.2, -0.15) is 0 Å². The molecule has 1 aromatic carbocycles. The molecule has 7 nitrogen and oxygen atoms in total. The van der Waals surface area contributed by atoms with Gasteiger partial charge in [-0.1, -0.05) is 0 Å². The van der Waals surface area contributed by atoms with Gasteiger partial charge in [-0.25, -0.2) is 4.98 Å². The van der Waals surface area contributed by atoms with E-state index in [1.165, 1.54) is 0 Å². The molecule has 0 aliphatic heterocycles. The molecule has 0 fully saturated rings. The van der Waals surface area contributed by atoms with Gasteiger partial charge in [0.1, 0.15) is 17.8 Å². The van der Waals surface area contributed by atoms with Gasteiger partial charge in [0.2, 0.25) is 5.65 Å². The number of fused-ring (bicyclic) bond motifs is 1. The van der Waals surface area contributed by atoms with Crippen LogP contribution in [0.3, 0.4) is 0 Å². The molecule has 0 radical (unpaired) electrons. The molecule has 2 heterocycles. The molecule has 0 saturated heterocycles. The Morgan fingerprint density at radius 2 is 2.10 bits per heavy atom. The van der Waals surface area contributed by atoms with Crippen LogP contribution in [0.2, 0.25) is 0 Å². The van der Waals surface area contributed by atoms with Gasteiger partial charge in [0.05, 0.1) is 7.11 Å². The first-order valence-corrected chi connectivity index (χ1v) is 6.00. The molecule has 3 aromatic rings. The Morgan fingerprint density at radius 1 is 1.25 bits per heavy atom. The maximum Gasteiger partial charge on any atom is 0.265 e. The van der Waals surface area contributed by atoms with Crippen LogP contribution in [0.5, 0.6) is 17.4 Å². The van der Waals surface area contributed by atoms with Crippen molar-refractivity contribution in [3.63, 3.8) is 0 Å². The third-order valence-corrected chi connectivity index (χ3v) is 2.81. The lowest BCUT2D eigenvalue weighted by Gasteiger charge is -2.09. The smallest absolute Gasteiger partial charge is 0.265 e. The Hall–Kier alpha value is -2.67. The molecule has 0 aliphatic rings. The van der Waals surface area contributed by atoms with E-state index in [0.29, 0.717) is 29.6 Å². The lowest BCUT2D eigenvalue weighted by atomic mass is 10.2. The second-order valence-corrected chi connectivity index (χ2v) is 4.12. The van der Waals surface area contributed by atoms with Crippen molar-refractivity contribution in [2.45, 2.75) is 6.54 Å². The van der Waals surface area contributed by atoms with Gasteiger partial charge in [0, 0.05) is 25.0 Å². The average molecular weight is 271 g/mol. The van der Waals surface area contributed by atoms with E-state index in [2.05, 4.69) is 15.2 Å². The van der Waals surface area contributed by atoms with Crippen molar-refractivity contribution in [3.05, 3.63) is 42.5 Å². The summed E-state index contributed by atoms with van der Waals surface area (Å²) in [5.74, 6) is 1.64. The number of methoxy groups -OCH3 is 1. The van der Waals surface area contributed by atoms with Gasteiger partial charge in [0.15, 0.2) is 0 Å². The van der Waals surface area contributed by atoms with Crippen LogP contribution in [0, 0.1) is 0 Å². The number of nitrogens with two attached hydrogens (primary N) is 1. The quantitative estimate of drug-likeness (QED) is 0.771. The van der Waals surface area contributed by atoms with E-state index in [-0.39, 0.29) is 0 Å². The van der Waals surface area contributed by atoms with E-state index in [4.69, 9.17) is 15.2 Å². The molecular weight excluding hydrogens is 258 g/mol. The molecule has 2 N–H and O–H groups in total. The zero-order chi connectivity index (χ0) is 13.9.